The molecule has 1 saturated heterocycles. The minimum atomic E-state index is -0.391. The van der Waals surface area contributed by atoms with Gasteiger partial charge in [0.2, 0.25) is 0 Å². The molecule has 146 valence electrons. The SMILES string of the molecule is CCCCCCCCCCC[C@@H](O)C[C@H]1OC(=O)[C@@H]1Nc1ccccc1. The number of esters is 1. The Bertz CT molecular complexity index is 505. The highest BCUT2D eigenvalue weighted by Crippen LogP contribution is 2.25. The van der Waals surface area contributed by atoms with Crippen LogP contribution < -0.4 is 5.32 Å². The number of carbonyl (C=O) groups is 1. The predicted octanol–water partition coefficient (Wildman–Crippen LogP) is 5.06. The second-order valence-electron chi connectivity index (χ2n) is 7.47. The topological polar surface area (TPSA) is 58.6 Å². The number of para-hydroxylation sites is 1. The van der Waals surface area contributed by atoms with Crippen LogP contribution in [-0.2, 0) is 9.53 Å². The third-order valence-corrected chi connectivity index (χ3v) is 5.13. The number of unbranched alkanes of at least 4 members (excludes halogenated alkanes) is 8. The normalized spacial score (nSPS) is 20.3. The molecule has 1 aromatic rings. The lowest BCUT2D eigenvalue weighted by atomic mass is 9.96. The Balaban J connectivity index is 1.53. The molecule has 3 atom stereocenters. The molecule has 0 saturated carbocycles. The Kier molecular flexibility index (Phi) is 9.54. The van der Waals surface area contributed by atoms with Crippen molar-refractivity contribution < 1.29 is 14.6 Å². The largest absolute Gasteiger partial charge is 0.458 e. The van der Waals surface area contributed by atoms with Gasteiger partial charge in [-0.05, 0) is 18.6 Å². The van der Waals surface area contributed by atoms with Crippen LogP contribution in [0, 0.1) is 0 Å². The molecule has 26 heavy (non-hydrogen) atoms. The van der Waals surface area contributed by atoms with Crippen LogP contribution in [0.5, 0.6) is 0 Å². The van der Waals surface area contributed by atoms with E-state index in [0.717, 1.165) is 18.5 Å². The summed E-state index contributed by atoms with van der Waals surface area (Å²) in [6.07, 6.45) is 12.2. The fourth-order valence-electron chi connectivity index (χ4n) is 3.50. The average Bonchev–Trinajstić information content (AvgIpc) is 2.65. The van der Waals surface area contributed by atoms with Crippen LogP contribution in [0.25, 0.3) is 0 Å². The molecule has 0 unspecified atom stereocenters. The van der Waals surface area contributed by atoms with Crippen molar-refractivity contribution in [2.45, 2.75) is 95.8 Å². The van der Waals surface area contributed by atoms with E-state index in [0.29, 0.717) is 6.42 Å². The highest BCUT2D eigenvalue weighted by molar-refractivity contribution is 5.85. The van der Waals surface area contributed by atoms with E-state index in [-0.39, 0.29) is 18.1 Å². The van der Waals surface area contributed by atoms with Crippen LogP contribution in [0.3, 0.4) is 0 Å². The van der Waals surface area contributed by atoms with Crippen LogP contribution in [0.15, 0.2) is 30.3 Å². The van der Waals surface area contributed by atoms with Gasteiger partial charge in [-0.15, -0.1) is 0 Å². The van der Waals surface area contributed by atoms with Gasteiger partial charge in [-0.3, -0.25) is 0 Å². The summed E-state index contributed by atoms with van der Waals surface area (Å²) in [5.41, 5.74) is 0.910. The number of anilines is 1. The number of aliphatic hydroxyl groups excluding tert-OH is 1. The van der Waals surface area contributed by atoms with Gasteiger partial charge in [0.05, 0.1) is 6.10 Å². The number of hydrogen-bond donors (Lipinski definition) is 2. The van der Waals surface area contributed by atoms with Crippen molar-refractivity contribution in [2.24, 2.45) is 0 Å². The second kappa shape index (κ2) is 11.9. The molecule has 0 aromatic heterocycles. The van der Waals surface area contributed by atoms with Gasteiger partial charge in [0.1, 0.15) is 6.10 Å². The number of hydrogen-bond acceptors (Lipinski definition) is 4. The maximum atomic E-state index is 11.7. The number of carbonyl (C=O) groups excluding carboxylic acids is 1. The van der Waals surface area contributed by atoms with E-state index in [4.69, 9.17) is 4.74 Å². The molecule has 1 heterocycles. The van der Waals surface area contributed by atoms with Gasteiger partial charge in [0.15, 0.2) is 6.04 Å². The summed E-state index contributed by atoms with van der Waals surface area (Å²) >= 11 is 0. The minimum absolute atomic E-state index is 0.226. The fourth-order valence-corrected chi connectivity index (χ4v) is 3.50. The van der Waals surface area contributed by atoms with E-state index in [1.54, 1.807) is 0 Å². The quantitative estimate of drug-likeness (QED) is 0.359. The van der Waals surface area contributed by atoms with Crippen LogP contribution in [0.2, 0.25) is 0 Å². The molecule has 1 aliphatic rings. The van der Waals surface area contributed by atoms with Crippen LogP contribution in [-0.4, -0.2) is 29.3 Å². The van der Waals surface area contributed by atoms with E-state index in [1.165, 1.54) is 51.4 Å². The van der Waals surface area contributed by atoms with Crippen molar-refractivity contribution in [3.8, 4) is 0 Å². The van der Waals surface area contributed by atoms with Gasteiger partial charge in [0.25, 0.3) is 0 Å². The summed E-state index contributed by atoms with van der Waals surface area (Å²) in [6, 6.07) is 9.33. The standard InChI is InChI=1S/C22H35NO3/c1-2-3-4-5-6-7-8-9-13-16-19(24)17-20-21(22(25)26-20)23-18-14-11-10-12-15-18/h10-12,14-15,19-21,23-24H,2-9,13,16-17H2,1H3/t19-,20-,21-/m1/s1. The minimum Gasteiger partial charge on any atom is -0.458 e. The number of nitrogens with one attached hydrogen (secondary N) is 1. The van der Waals surface area contributed by atoms with E-state index in [2.05, 4.69) is 12.2 Å². The highest BCUT2D eigenvalue weighted by Gasteiger charge is 2.43. The molecule has 4 heteroatoms. The lowest BCUT2D eigenvalue weighted by molar-refractivity contribution is -0.174. The first-order valence-electron chi connectivity index (χ1n) is 10.4. The summed E-state index contributed by atoms with van der Waals surface area (Å²) in [5.74, 6) is -0.228. The molecule has 0 amide bonds. The number of benzene rings is 1. The average molecular weight is 362 g/mol. The number of ether oxygens (including phenoxy) is 1. The lowest BCUT2D eigenvalue weighted by Gasteiger charge is -2.37. The summed E-state index contributed by atoms with van der Waals surface area (Å²) < 4.78 is 5.22. The fraction of sp³-hybridized carbons (Fsp3) is 0.682. The zero-order valence-corrected chi connectivity index (χ0v) is 16.2. The molecular weight excluding hydrogens is 326 g/mol. The molecule has 2 N–H and O–H groups in total. The first-order chi connectivity index (χ1) is 12.7. The van der Waals surface area contributed by atoms with E-state index >= 15 is 0 Å². The van der Waals surface area contributed by atoms with Crippen molar-refractivity contribution in [2.75, 3.05) is 5.32 Å². The van der Waals surface area contributed by atoms with Gasteiger partial charge in [-0.2, -0.15) is 0 Å². The summed E-state index contributed by atoms with van der Waals surface area (Å²) in [7, 11) is 0. The number of cyclic esters (lactones) is 1. The van der Waals surface area contributed by atoms with Crippen LogP contribution in [0.4, 0.5) is 5.69 Å². The van der Waals surface area contributed by atoms with Crippen molar-refractivity contribution in [1.82, 2.24) is 0 Å². The highest BCUT2D eigenvalue weighted by atomic mass is 16.6. The maximum absolute atomic E-state index is 11.7. The number of aliphatic hydroxyl groups is 1. The zero-order chi connectivity index (χ0) is 18.6. The first kappa shape index (κ1) is 20.8. The first-order valence-corrected chi connectivity index (χ1v) is 10.4. The van der Waals surface area contributed by atoms with E-state index in [1.807, 2.05) is 30.3 Å². The van der Waals surface area contributed by atoms with Gasteiger partial charge >= 0.3 is 5.97 Å². The second-order valence-corrected chi connectivity index (χ2v) is 7.47. The van der Waals surface area contributed by atoms with Crippen LogP contribution >= 0.6 is 0 Å². The van der Waals surface area contributed by atoms with Gasteiger partial charge in [-0.1, -0.05) is 82.9 Å². The van der Waals surface area contributed by atoms with Crippen molar-refractivity contribution in [3.63, 3.8) is 0 Å². The Hall–Kier alpha value is -1.55. The lowest BCUT2D eigenvalue weighted by Crippen LogP contribution is -2.55. The number of rotatable bonds is 14. The van der Waals surface area contributed by atoms with Gasteiger partial charge < -0.3 is 15.2 Å². The Labute approximate surface area is 158 Å². The third kappa shape index (κ3) is 7.36. The third-order valence-electron chi connectivity index (χ3n) is 5.13. The summed E-state index contributed by atoms with van der Waals surface area (Å²) in [4.78, 5) is 11.7. The molecule has 0 spiro atoms. The van der Waals surface area contributed by atoms with Gasteiger partial charge in [-0.25, -0.2) is 4.79 Å². The molecule has 1 aliphatic heterocycles. The monoisotopic (exact) mass is 361 g/mol. The van der Waals surface area contributed by atoms with Crippen LogP contribution in [0.1, 0.15) is 77.6 Å². The molecule has 1 fully saturated rings. The molecule has 4 nitrogen and oxygen atoms in total. The smallest absolute Gasteiger partial charge is 0.332 e. The zero-order valence-electron chi connectivity index (χ0n) is 16.2. The predicted molar refractivity (Wildman–Crippen MR) is 106 cm³/mol. The maximum Gasteiger partial charge on any atom is 0.332 e. The van der Waals surface area contributed by atoms with Crippen molar-refractivity contribution >= 4 is 11.7 Å². The van der Waals surface area contributed by atoms with E-state index in [9.17, 15) is 9.90 Å². The molecule has 0 radical (unpaired) electrons. The Morgan fingerprint density at radius 3 is 2.23 bits per heavy atom. The molecular formula is C22H35NO3. The Morgan fingerprint density at radius 1 is 1.00 bits per heavy atom. The molecule has 2 rings (SSSR count). The summed E-state index contributed by atoms with van der Waals surface area (Å²) in [6.45, 7) is 2.25. The van der Waals surface area contributed by atoms with Gasteiger partial charge in [0, 0.05) is 12.1 Å². The molecule has 0 bridgehead atoms. The van der Waals surface area contributed by atoms with Crippen molar-refractivity contribution in [1.29, 1.82) is 0 Å². The summed E-state index contributed by atoms with van der Waals surface area (Å²) in [5, 5.41) is 13.4. The molecule has 1 aromatic carbocycles. The Morgan fingerprint density at radius 2 is 1.62 bits per heavy atom. The molecule has 0 aliphatic carbocycles. The van der Waals surface area contributed by atoms with Crippen molar-refractivity contribution in [3.05, 3.63) is 30.3 Å². The van der Waals surface area contributed by atoms with E-state index < -0.39 is 6.10 Å².